The lowest BCUT2D eigenvalue weighted by molar-refractivity contribution is 0.425. The third-order valence-corrected chi connectivity index (χ3v) is 4.17. The average Bonchev–Trinajstić information content (AvgIpc) is 2.81. The monoisotopic (exact) mass is 277 g/mol. The Hall–Kier alpha value is -1.06. The van der Waals surface area contributed by atoms with Crippen molar-refractivity contribution in [3.63, 3.8) is 0 Å². The van der Waals surface area contributed by atoms with Crippen LogP contribution in [0.15, 0.2) is 18.2 Å². The second-order valence-electron chi connectivity index (χ2n) is 5.58. The Bertz CT molecular complexity index is 582. The van der Waals surface area contributed by atoms with Crippen LogP contribution < -0.4 is 5.32 Å². The summed E-state index contributed by atoms with van der Waals surface area (Å²) in [4.78, 5) is 4.86. The number of para-hydroxylation sites is 1. The Morgan fingerprint density at radius 1 is 1.42 bits per heavy atom. The summed E-state index contributed by atoms with van der Waals surface area (Å²) in [5.41, 5.74) is 2.10. The molecule has 1 aliphatic rings. The van der Waals surface area contributed by atoms with Crippen LogP contribution in [0.2, 0.25) is 5.02 Å². The lowest BCUT2D eigenvalue weighted by atomic mass is 9.98. The number of imidazole rings is 1. The lowest BCUT2D eigenvalue weighted by Crippen LogP contribution is -2.30. The Labute approximate surface area is 119 Å². The quantitative estimate of drug-likeness (QED) is 0.906. The normalized spacial score (nSPS) is 20.3. The van der Waals surface area contributed by atoms with Crippen LogP contribution in [0.5, 0.6) is 0 Å². The Morgan fingerprint density at radius 3 is 2.95 bits per heavy atom. The minimum absolute atomic E-state index is 0.377. The van der Waals surface area contributed by atoms with Gasteiger partial charge in [0.1, 0.15) is 5.82 Å². The molecule has 1 N–H and O–H groups in total. The van der Waals surface area contributed by atoms with Crippen molar-refractivity contribution in [1.29, 1.82) is 0 Å². The molecule has 1 unspecified atom stereocenters. The van der Waals surface area contributed by atoms with Crippen LogP contribution >= 0.6 is 11.6 Å². The van der Waals surface area contributed by atoms with Crippen molar-refractivity contribution >= 4 is 22.6 Å². The van der Waals surface area contributed by atoms with E-state index in [4.69, 9.17) is 16.6 Å². The van der Waals surface area contributed by atoms with Crippen LogP contribution in [0.4, 0.5) is 0 Å². The minimum Gasteiger partial charge on any atom is -0.324 e. The topological polar surface area (TPSA) is 29.9 Å². The Kier molecular flexibility index (Phi) is 3.50. The summed E-state index contributed by atoms with van der Waals surface area (Å²) in [5, 5.41) is 4.27. The third-order valence-electron chi connectivity index (χ3n) is 3.87. The maximum absolute atomic E-state index is 6.38. The minimum atomic E-state index is 0.377. The van der Waals surface area contributed by atoms with Gasteiger partial charge in [-0.3, -0.25) is 0 Å². The van der Waals surface area contributed by atoms with E-state index in [2.05, 4.69) is 29.8 Å². The standard InChI is InChI=1S/C15H20ClN3/c1-10(2)19-14-12(16)6-3-7-13(14)18-15(19)11-5-4-8-17-9-11/h3,6-7,10-11,17H,4-5,8-9H2,1-2H3. The van der Waals surface area contributed by atoms with Gasteiger partial charge in [-0.1, -0.05) is 17.7 Å². The number of hydrogen-bond donors (Lipinski definition) is 1. The van der Waals surface area contributed by atoms with E-state index in [-0.39, 0.29) is 0 Å². The smallest absolute Gasteiger partial charge is 0.114 e. The van der Waals surface area contributed by atoms with E-state index in [0.717, 1.165) is 29.1 Å². The van der Waals surface area contributed by atoms with E-state index < -0.39 is 0 Å². The molecule has 3 rings (SSSR count). The SMILES string of the molecule is CC(C)n1c(C2CCCNC2)nc2cccc(Cl)c21. The highest BCUT2D eigenvalue weighted by atomic mass is 35.5. The van der Waals surface area contributed by atoms with Gasteiger partial charge in [0.15, 0.2) is 0 Å². The first kappa shape index (κ1) is 12.9. The van der Waals surface area contributed by atoms with Gasteiger partial charge in [0.25, 0.3) is 0 Å². The van der Waals surface area contributed by atoms with E-state index in [9.17, 15) is 0 Å². The zero-order valence-corrected chi connectivity index (χ0v) is 12.2. The molecule has 0 aliphatic carbocycles. The van der Waals surface area contributed by atoms with Crippen LogP contribution in [0.3, 0.4) is 0 Å². The van der Waals surface area contributed by atoms with Gasteiger partial charge in [0.05, 0.1) is 16.1 Å². The molecule has 0 radical (unpaired) electrons. The number of rotatable bonds is 2. The Balaban J connectivity index is 2.17. The van der Waals surface area contributed by atoms with Gasteiger partial charge in [-0.2, -0.15) is 0 Å². The molecule has 1 atom stereocenters. The fourth-order valence-electron chi connectivity index (χ4n) is 3.01. The van der Waals surface area contributed by atoms with Gasteiger partial charge in [-0.25, -0.2) is 4.98 Å². The molecule has 1 aliphatic heterocycles. The van der Waals surface area contributed by atoms with E-state index >= 15 is 0 Å². The highest BCUT2D eigenvalue weighted by Gasteiger charge is 2.24. The van der Waals surface area contributed by atoms with Crippen LogP contribution in [0.1, 0.15) is 44.5 Å². The number of fused-ring (bicyclic) bond motifs is 1. The fraction of sp³-hybridized carbons (Fsp3) is 0.533. The van der Waals surface area contributed by atoms with Crippen LogP contribution in [0.25, 0.3) is 11.0 Å². The highest BCUT2D eigenvalue weighted by molar-refractivity contribution is 6.35. The van der Waals surface area contributed by atoms with Crippen LogP contribution in [-0.2, 0) is 0 Å². The molecule has 0 spiro atoms. The van der Waals surface area contributed by atoms with Crippen molar-refractivity contribution in [3.8, 4) is 0 Å². The van der Waals surface area contributed by atoms with Gasteiger partial charge in [-0.05, 0) is 45.4 Å². The predicted octanol–water partition coefficient (Wildman–Crippen LogP) is 3.74. The number of benzene rings is 1. The fourth-order valence-corrected chi connectivity index (χ4v) is 3.27. The molecule has 3 nitrogen and oxygen atoms in total. The molecule has 0 saturated carbocycles. The van der Waals surface area contributed by atoms with Gasteiger partial charge in [0.2, 0.25) is 0 Å². The van der Waals surface area contributed by atoms with Crippen molar-refractivity contribution in [3.05, 3.63) is 29.0 Å². The molecule has 1 fully saturated rings. The summed E-state index contributed by atoms with van der Waals surface area (Å²) in [7, 11) is 0. The summed E-state index contributed by atoms with van der Waals surface area (Å²) in [5.74, 6) is 1.69. The molecule has 1 saturated heterocycles. The number of hydrogen-bond acceptors (Lipinski definition) is 2. The summed E-state index contributed by atoms with van der Waals surface area (Å²) in [6.07, 6.45) is 2.43. The highest BCUT2D eigenvalue weighted by Crippen LogP contribution is 2.32. The Morgan fingerprint density at radius 2 is 2.26 bits per heavy atom. The van der Waals surface area contributed by atoms with Gasteiger partial charge >= 0.3 is 0 Å². The molecular formula is C15H20ClN3. The number of aromatic nitrogens is 2. The number of nitrogens with zero attached hydrogens (tertiary/aromatic N) is 2. The molecule has 102 valence electrons. The van der Waals surface area contributed by atoms with E-state index in [1.807, 2.05) is 12.1 Å². The third kappa shape index (κ3) is 2.26. The zero-order valence-electron chi connectivity index (χ0n) is 11.5. The van der Waals surface area contributed by atoms with E-state index in [0.29, 0.717) is 12.0 Å². The van der Waals surface area contributed by atoms with E-state index in [1.54, 1.807) is 0 Å². The molecular weight excluding hydrogens is 258 g/mol. The molecule has 0 bridgehead atoms. The van der Waals surface area contributed by atoms with Gasteiger partial charge < -0.3 is 9.88 Å². The largest absolute Gasteiger partial charge is 0.324 e. The molecule has 1 aromatic carbocycles. The molecule has 4 heteroatoms. The van der Waals surface area contributed by atoms with Crippen molar-refractivity contribution < 1.29 is 0 Å². The maximum Gasteiger partial charge on any atom is 0.114 e. The summed E-state index contributed by atoms with van der Waals surface area (Å²) in [6, 6.07) is 6.36. The van der Waals surface area contributed by atoms with Crippen molar-refractivity contribution in [1.82, 2.24) is 14.9 Å². The second kappa shape index (κ2) is 5.14. The first-order chi connectivity index (χ1) is 9.18. The van der Waals surface area contributed by atoms with Crippen LogP contribution in [-0.4, -0.2) is 22.6 Å². The summed E-state index contributed by atoms with van der Waals surface area (Å²) < 4.78 is 2.31. The molecule has 2 heterocycles. The van der Waals surface area contributed by atoms with Crippen molar-refractivity contribution in [2.75, 3.05) is 13.1 Å². The zero-order chi connectivity index (χ0) is 13.4. The maximum atomic E-state index is 6.38. The van der Waals surface area contributed by atoms with Gasteiger partial charge in [-0.15, -0.1) is 0 Å². The lowest BCUT2D eigenvalue weighted by Gasteiger charge is -2.24. The first-order valence-corrected chi connectivity index (χ1v) is 7.43. The summed E-state index contributed by atoms with van der Waals surface area (Å²) in [6.45, 7) is 6.54. The van der Waals surface area contributed by atoms with Crippen molar-refractivity contribution in [2.45, 2.75) is 38.6 Å². The predicted molar refractivity (Wildman–Crippen MR) is 80.0 cm³/mol. The second-order valence-corrected chi connectivity index (χ2v) is 5.99. The first-order valence-electron chi connectivity index (χ1n) is 7.05. The van der Waals surface area contributed by atoms with Crippen molar-refractivity contribution in [2.24, 2.45) is 0 Å². The number of halogens is 1. The van der Waals surface area contributed by atoms with Crippen LogP contribution in [0, 0.1) is 0 Å². The number of piperidine rings is 1. The molecule has 2 aromatic rings. The average molecular weight is 278 g/mol. The summed E-state index contributed by atoms with van der Waals surface area (Å²) >= 11 is 6.38. The van der Waals surface area contributed by atoms with Gasteiger partial charge in [0, 0.05) is 18.5 Å². The molecule has 0 amide bonds. The molecule has 1 aromatic heterocycles. The molecule has 19 heavy (non-hydrogen) atoms. The number of nitrogens with one attached hydrogen (secondary N) is 1. The van der Waals surface area contributed by atoms with E-state index in [1.165, 1.54) is 18.7 Å².